The van der Waals surface area contributed by atoms with Crippen molar-refractivity contribution < 1.29 is 9.53 Å². The molecule has 0 saturated heterocycles. The minimum atomic E-state index is -0.489. The van der Waals surface area contributed by atoms with Crippen molar-refractivity contribution in [3.8, 4) is 0 Å². The summed E-state index contributed by atoms with van der Waals surface area (Å²) >= 11 is 0. The van der Waals surface area contributed by atoms with Gasteiger partial charge in [0.15, 0.2) is 0 Å². The smallest absolute Gasteiger partial charge is 0.407 e. The third kappa shape index (κ3) is 12.3. The second-order valence-electron chi connectivity index (χ2n) is 10.4. The Morgan fingerprint density at radius 1 is 1.14 bits per heavy atom. The lowest BCUT2D eigenvalue weighted by Crippen LogP contribution is -2.45. The topological polar surface area (TPSA) is 65.6 Å². The van der Waals surface area contributed by atoms with Gasteiger partial charge in [-0.3, -0.25) is 0 Å². The zero-order chi connectivity index (χ0) is 28.0. The molecule has 0 fully saturated rings. The number of nitrogens with zero attached hydrogens (tertiary/aromatic N) is 1. The van der Waals surface area contributed by atoms with Crippen molar-refractivity contribution in [2.24, 2.45) is 0 Å². The second-order valence-corrected chi connectivity index (χ2v) is 10.4. The van der Waals surface area contributed by atoms with Crippen molar-refractivity contribution >= 4 is 11.7 Å². The van der Waals surface area contributed by atoms with Gasteiger partial charge >= 0.3 is 6.09 Å². The third-order valence-electron chi connectivity index (χ3n) is 5.84. The Kier molecular flexibility index (Phi) is 14.0. The van der Waals surface area contributed by atoms with Crippen LogP contribution in [0, 0.1) is 13.8 Å². The summed E-state index contributed by atoms with van der Waals surface area (Å²) in [6, 6.07) is 6.60. The number of hydrazine groups is 2. The molecule has 0 unspecified atom stereocenters. The largest absolute Gasteiger partial charge is 0.444 e. The van der Waals surface area contributed by atoms with Crippen LogP contribution in [0.5, 0.6) is 0 Å². The molecule has 1 amide bonds. The average molecular weight is 511 g/mol. The van der Waals surface area contributed by atoms with Crippen LogP contribution in [0.4, 0.5) is 4.79 Å². The van der Waals surface area contributed by atoms with Gasteiger partial charge in [0.1, 0.15) is 5.60 Å². The van der Waals surface area contributed by atoms with E-state index in [9.17, 15) is 4.79 Å². The molecule has 0 atom stereocenters. The number of aryl methyl sites for hydroxylation is 2. The van der Waals surface area contributed by atoms with Crippen molar-refractivity contribution in [3.05, 3.63) is 76.0 Å². The summed E-state index contributed by atoms with van der Waals surface area (Å²) in [4.78, 5) is 11.8. The number of nitrogens with one attached hydrogen (secondary N) is 3. The van der Waals surface area contributed by atoms with Crippen LogP contribution in [0.25, 0.3) is 5.57 Å². The number of hydrogen-bond acceptors (Lipinski definition) is 5. The van der Waals surface area contributed by atoms with Crippen LogP contribution in [0.15, 0.2) is 59.3 Å². The summed E-state index contributed by atoms with van der Waals surface area (Å²) < 4.78 is 5.28. The van der Waals surface area contributed by atoms with Crippen LogP contribution in [-0.2, 0) is 4.74 Å². The van der Waals surface area contributed by atoms with Crippen LogP contribution in [0.3, 0.4) is 0 Å². The van der Waals surface area contributed by atoms with Crippen molar-refractivity contribution in [1.29, 1.82) is 0 Å². The molecule has 6 heteroatoms. The first-order valence-corrected chi connectivity index (χ1v) is 13.4. The molecule has 1 rings (SSSR count). The Hall–Kier alpha value is -2.83. The van der Waals surface area contributed by atoms with Crippen molar-refractivity contribution in [2.75, 3.05) is 20.1 Å². The Balaban J connectivity index is 2.86. The van der Waals surface area contributed by atoms with Gasteiger partial charge < -0.3 is 15.5 Å². The maximum atomic E-state index is 11.8. The summed E-state index contributed by atoms with van der Waals surface area (Å²) in [6.07, 6.45) is 11.1. The van der Waals surface area contributed by atoms with E-state index in [2.05, 4.69) is 100 Å². The van der Waals surface area contributed by atoms with Crippen molar-refractivity contribution in [3.63, 3.8) is 0 Å². The maximum absolute atomic E-state index is 11.8. The SMILES string of the molecule is C\C=C(/C=C\C(C(=C\CC)\NNN(C)CCCNC(=O)OC(C)(C)C)=C(\C)CC)c1ccc(C)cc1C. The summed E-state index contributed by atoms with van der Waals surface area (Å²) in [6.45, 7) is 19.8. The molecule has 0 aliphatic rings. The predicted octanol–water partition coefficient (Wildman–Crippen LogP) is 7.14. The molecular formula is C31H50N4O2. The Bertz CT molecular complexity index is 997. The number of rotatable bonds is 13. The summed E-state index contributed by atoms with van der Waals surface area (Å²) in [7, 11) is 1.98. The fraction of sp³-hybridized carbons (Fsp3) is 0.516. The van der Waals surface area contributed by atoms with Crippen LogP contribution in [-0.4, -0.2) is 36.8 Å². The first-order valence-electron chi connectivity index (χ1n) is 13.4. The molecule has 0 bridgehead atoms. The summed E-state index contributed by atoms with van der Waals surface area (Å²) in [5.41, 5.74) is 14.8. The summed E-state index contributed by atoms with van der Waals surface area (Å²) in [5, 5.41) is 4.79. The number of alkyl carbamates (subject to hydrolysis) is 1. The van der Waals surface area contributed by atoms with Crippen molar-refractivity contribution in [2.45, 2.75) is 87.2 Å². The molecule has 0 aromatic heterocycles. The van der Waals surface area contributed by atoms with Gasteiger partial charge in [-0.15, -0.1) is 0 Å². The molecule has 0 aliphatic heterocycles. The molecule has 3 N–H and O–H groups in total. The van der Waals surface area contributed by atoms with Gasteiger partial charge in [-0.05, 0) is 90.0 Å². The maximum Gasteiger partial charge on any atom is 0.407 e. The van der Waals surface area contributed by atoms with Gasteiger partial charge in [-0.2, -0.15) is 5.53 Å². The molecule has 206 valence electrons. The van der Waals surface area contributed by atoms with E-state index in [4.69, 9.17) is 4.74 Å². The Morgan fingerprint density at radius 2 is 1.84 bits per heavy atom. The van der Waals surface area contributed by atoms with Crippen LogP contribution < -0.4 is 16.3 Å². The lowest BCUT2D eigenvalue weighted by atomic mass is 9.96. The highest BCUT2D eigenvalue weighted by atomic mass is 16.6. The second kappa shape index (κ2) is 16.1. The molecule has 6 nitrogen and oxygen atoms in total. The highest BCUT2D eigenvalue weighted by Crippen LogP contribution is 2.24. The van der Waals surface area contributed by atoms with Gasteiger partial charge in [-0.1, -0.05) is 67.5 Å². The fourth-order valence-corrected chi connectivity index (χ4v) is 3.77. The Labute approximate surface area is 225 Å². The molecule has 0 saturated carbocycles. The first-order chi connectivity index (χ1) is 17.4. The molecular weight excluding hydrogens is 460 g/mol. The zero-order valence-corrected chi connectivity index (χ0v) is 24.8. The summed E-state index contributed by atoms with van der Waals surface area (Å²) in [5.74, 6) is 0. The van der Waals surface area contributed by atoms with Crippen LogP contribution in [0.2, 0.25) is 0 Å². The molecule has 1 aromatic carbocycles. The molecule has 0 radical (unpaired) electrons. The highest BCUT2D eigenvalue weighted by molar-refractivity contribution is 5.76. The lowest BCUT2D eigenvalue weighted by molar-refractivity contribution is 0.0524. The van der Waals surface area contributed by atoms with Gasteiger partial charge in [0.05, 0.1) is 5.70 Å². The number of benzene rings is 1. The normalized spacial score (nSPS) is 13.7. The zero-order valence-electron chi connectivity index (χ0n) is 24.8. The number of ether oxygens (including phenoxy) is 1. The van der Waals surface area contributed by atoms with E-state index in [1.807, 2.05) is 32.8 Å². The molecule has 0 aliphatic carbocycles. The molecule has 0 spiro atoms. The van der Waals surface area contributed by atoms with E-state index < -0.39 is 5.60 Å². The number of carbonyl (C=O) groups excluding carboxylic acids is 1. The lowest BCUT2D eigenvalue weighted by Gasteiger charge is -2.23. The first kappa shape index (κ1) is 32.2. The van der Waals surface area contributed by atoms with E-state index in [0.29, 0.717) is 6.54 Å². The molecule has 1 aromatic rings. The van der Waals surface area contributed by atoms with Crippen LogP contribution >= 0.6 is 0 Å². The number of hydrogen-bond donors (Lipinski definition) is 3. The van der Waals surface area contributed by atoms with E-state index in [-0.39, 0.29) is 6.09 Å². The Morgan fingerprint density at radius 3 is 2.41 bits per heavy atom. The predicted molar refractivity (Wildman–Crippen MR) is 158 cm³/mol. The van der Waals surface area contributed by atoms with E-state index >= 15 is 0 Å². The van der Waals surface area contributed by atoms with E-state index in [1.165, 1.54) is 33.4 Å². The van der Waals surface area contributed by atoms with Gasteiger partial charge in [0, 0.05) is 20.1 Å². The quantitative estimate of drug-likeness (QED) is 0.150. The fourth-order valence-electron chi connectivity index (χ4n) is 3.77. The number of amides is 1. The van der Waals surface area contributed by atoms with Gasteiger partial charge in [0.25, 0.3) is 0 Å². The van der Waals surface area contributed by atoms with Gasteiger partial charge in [-0.25, -0.2) is 9.80 Å². The van der Waals surface area contributed by atoms with Gasteiger partial charge in [0.2, 0.25) is 0 Å². The highest BCUT2D eigenvalue weighted by Gasteiger charge is 2.15. The third-order valence-corrected chi connectivity index (χ3v) is 5.84. The minimum Gasteiger partial charge on any atom is -0.444 e. The monoisotopic (exact) mass is 510 g/mol. The number of carbonyl (C=O) groups is 1. The van der Waals surface area contributed by atoms with E-state index in [1.54, 1.807) is 0 Å². The standard InChI is InChI=1S/C31H50N4O2/c1-11-15-29(33-34-35(10)21-14-20-32-30(36)37-31(7,8)9)28(24(5)12-2)19-17-26(13-3)27-18-16-23(4)22-25(27)6/h13,15-19,22,33-34H,11-12,14,20-21H2,1-10H3,(H,32,36)/b19-17-,26-13+,28-24+,29-15-. The minimum absolute atomic E-state index is 0.382. The van der Waals surface area contributed by atoms with E-state index in [0.717, 1.165) is 31.5 Å². The molecule has 0 heterocycles. The van der Waals surface area contributed by atoms with Crippen LogP contribution in [0.1, 0.15) is 84.4 Å². The number of allylic oxidation sites excluding steroid dienone is 6. The molecule has 37 heavy (non-hydrogen) atoms. The average Bonchev–Trinajstić information content (AvgIpc) is 2.82. The van der Waals surface area contributed by atoms with Crippen molar-refractivity contribution in [1.82, 2.24) is 21.3 Å².